The van der Waals surface area contributed by atoms with E-state index in [0.717, 1.165) is 5.56 Å². The molecule has 0 aliphatic rings. The van der Waals surface area contributed by atoms with Gasteiger partial charge in [0, 0.05) is 12.4 Å². The number of carbonyl (C=O) groups excluding carboxylic acids is 2. The van der Waals surface area contributed by atoms with E-state index < -0.39 is 0 Å². The van der Waals surface area contributed by atoms with Crippen molar-refractivity contribution in [3.8, 4) is 0 Å². The molecule has 0 saturated carbocycles. The van der Waals surface area contributed by atoms with E-state index in [1.807, 2.05) is 0 Å². The molecule has 1 heterocycles. The Kier molecular flexibility index (Phi) is 3.29. The molecule has 3 nitrogen and oxygen atoms in total. The van der Waals surface area contributed by atoms with Crippen LogP contribution in [-0.2, 0) is 9.59 Å². The number of carbonyl (C=O) groups is 2. The fraction of sp³-hybridized carbons (Fsp3) is 0.182. The maximum absolute atomic E-state index is 11.1. The summed E-state index contributed by atoms with van der Waals surface area (Å²) in [7, 11) is 0. The van der Waals surface area contributed by atoms with Crippen molar-refractivity contribution in [3.05, 3.63) is 35.7 Å². The Bertz CT molecular complexity index is 364. The molecular formula is C11H11NO2. The Labute approximate surface area is 82.5 Å². The molecule has 0 atom stereocenters. The number of allylic oxidation sites excluding steroid dienone is 1. The fourth-order valence-corrected chi connectivity index (χ4v) is 1.08. The van der Waals surface area contributed by atoms with E-state index in [0.29, 0.717) is 0 Å². The van der Waals surface area contributed by atoms with Crippen molar-refractivity contribution in [2.45, 2.75) is 13.8 Å². The lowest BCUT2D eigenvalue weighted by Gasteiger charge is -1.97. The van der Waals surface area contributed by atoms with Crippen LogP contribution in [-0.4, -0.2) is 16.6 Å². The van der Waals surface area contributed by atoms with Gasteiger partial charge >= 0.3 is 0 Å². The third kappa shape index (κ3) is 2.62. The molecule has 14 heavy (non-hydrogen) atoms. The number of rotatable bonds is 3. The summed E-state index contributed by atoms with van der Waals surface area (Å²) >= 11 is 0. The molecule has 0 aromatic carbocycles. The molecule has 72 valence electrons. The molecular weight excluding hydrogens is 178 g/mol. The molecule has 0 N–H and O–H groups in total. The van der Waals surface area contributed by atoms with E-state index in [1.165, 1.54) is 13.8 Å². The second-order valence-electron chi connectivity index (χ2n) is 2.96. The molecule has 0 spiro atoms. The number of hydrogen-bond acceptors (Lipinski definition) is 3. The highest BCUT2D eigenvalue weighted by Gasteiger charge is 2.08. The first-order valence-electron chi connectivity index (χ1n) is 4.25. The molecule has 0 radical (unpaired) electrons. The third-order valence-electron chi connectivity index (χ3n) is 1.75. The van der Waals surface area contributed by atoms with E-state index in [-0.39, 0.29) is 17.1 Å². The first-order chi connectivity index (χ1) is 6.61. The Morgan fingerprint density at radius 2 is 1.93 bits per heavy atom. The van der Waals surface area contributed by atoms with E-state index in [9.17, 15) is 9.59 Å². The molecule has 0 aliphatic heterocycles. The first-order valence-corrected chi connectivity index (χ1v) is 4.25. The molecule has 0 saturated heterocycles. The fourth-order valence-electron chi connectivity index (χ4n) is 1.08. The van der Waals surface area contributed by atoms with E-state index >= 15 is 0 Å². The molecule has 0 aliphatic carbocycles. The van der Waals surface area contributed by atoms with Gasteiger partial charge in [-0.2, -0.15) is 0 Å². The summed E-state index contributed by atoms with van der Waals surface area (Å²) in [4.78, 5) is 26.0. The zero-order chi connectivity index (χ0) is 10.6. The summed E-state index contributed by atoms with van der Waals surface area (Å²) in [5.74, 6) is -0.442. The van der Waals surface area contributed by atoms with Gasteiger partial charge in [-0.1, -0.05) is 6.07 Å². The second kappa shape index (κ2) is 4.46. The monoisotopic (exact) mass is 189 g/mol. The zero-order valence-corrected chi connectivity index (χ0v) is 8.15. The maximum atomic E-state index is 11.1. The van der Waals surface area contributed by atoms with Crippen LogP contribution in [0.1, 0.15) is 19.4 Å². The topological polar surface area (TPSA) is 47.0 Å². The minimum Gasteiger partial charge on any atom is -0.294 e. The summed E-state index contributed by atoms with van der Waals surface area (Å²) in [6.07, 6.45) is 4.79. The maximum Gasteiger partial charge on any atom is 0.163 e. The van der Waals surface area contributed by atoms with Crippen molar-refractivity contribution in [1.29, 1.82) is 0 Å². The normalized spacial score (nSPS) is 9.29. The van der Waals surface area contributed by atoms with Crippen LogP contribution in [0.15, 0.2) is 30.1 Å². The van der Waals surface area contributed by atoms with E-state index in [2.05, 4.69) is 4.98 Å². The largest absolute Gasteiger partial charge is 0.294 e. The number of ketones is 2. The Morgan fingerprint density at radius 3 is 2.36 bits per heavy atom. The first kappa shape index (κ1) is 10.3. The minimum absolute atomic E-state index is 0.206. The van der Waals surface area contributed by atoms with Crippen molar-refractivity contribution in [2.75, 3.05) is 0 Å². The second-order valence-corrected chi connectivity index (χ2v) is 2.96. The Hall–Kier alpha value is -1.77. The van der Waals surface area contributed by atoms with Gasteiger partial charge in [0.25, 0.3) is 0 Å². The number of Topliss-reactive ketones (excluding diaryl/α,β-unsaturated/α-hetero) is 2. The number of aromatic nitrogens is 1. The van der Waals surface area contributed by atoms with Crippen molar-refractivity contribution in [2.24, 2.45) is 0 Å². The van der Waals surface area contributed by atoms with Crippen molar-refractivity contribution < 1.29 is 9.59 Å². The van der Waals surface area contributed by atoms with E-state index in [1.54, 1.807) is 30.6 Å². The molecule has 1 aromatic rings. The van der Waals surface area contributed by atoms with Crippen LogP contribution < -0.4 is 0 Å². The quantitative estimate of drug-likeness (QED) is 0.412. The lowest BCUT2D eigenvalue weighted by Crippen LogP contribution is -2.05. The van der Waals surface area contributed by atoms with Gasteiger partial charge in [-0.15, -0.1) is 0 Å². The summed E-state index contributed by atoms with van der Waals surface area (Å²) in [6, 6.07) is 3.54. The third-order valence-corrected chi connectivity index (χ3v) is 1.75. The molecule has 3 heteroatoms. The summed E-state index contributed by atoms with van der Waals surface area (Å²) in [5, 5.41) is 0. The van der Waals surface area contributed by atoms with Gasteiger partial charge in [-0.25, -0.2) is 0 Å². The molecule has 0 bridgehead atoms. The highest BCUT2D eigenvalue weighted by Crippen LogP contribution is 2.07. The molecule has 0 unspecified atom stereocenters. The van der Waals surface area contributed by atoms with Crippen molar-refractivity contribution in [1.82, 2.24) is 4.98 Å². The number of pyridine rings is 1. The van der Waals surface area contributed by atoms with Crippen LogP contribution >= 0.6 is 0 Å². The van der Waals surface area contributed by atoms with Gasteiger partial charge in [0.2, 0.25) is 0 Å². The summed E-state index contributed by atoms with van der Waals surface area (Å²) in [6.45, 7) is 2.76. The van der Waals surface area contributed by atoms with Crippen LogP contribution in [0.3, 0.4) is 0 Å². The van der Waals surface area contributed by atoms with Crippen LogP contribution in [0.5, 0.6) is 0 Å². The van der Waals surface area contributed by atoms with Crippen molar-refractivity contribution in [3.63, 3.8) is 0 Å². The van der Waals surface area contributed by atoms with Gasteiger partial charge in [-0.3, -0.25) is 14.6 Å². The minimum atomic E-state index is -0.221. The number of nitrogens with zero attached hydrogens (tertiary/aromatic N) is 1. The highest BCUT2D eigenvalue weighted by molar-refractivity contribution is 6.21. The molecule has 1 aromatic heterocycles. The van der Waals surface area contributed by atoms with Gasteiger partial charge in [-0.05, 0) is 31.6 Å². The Morgan fingerprint density at radius 1 is 1.29 bits per heavy atom. The van der Waals surface area contributed by atoms with Crippen LogP contribution in [0.25, 0.3) is 6.08 Å². The standard InChI is InChI=1S/C11H11NO2/c1-8(13)11(9(2)14)6-10-4-3-5-12-7-10/h3-7H,1-2H3. The van der Waals surface area contributed by atoms with Gasteiger partial charge in [0.15, 0.2) is 11.6 Å². The SMILES string of the molecule is CC(=O)C(=Cc1cccnc1)C(C)=O. The predicted octanol–water partition coefficient (Wildman–Crippen LogP) is 1.64. The predicted molar refractivity (Wildman–Crippen MR) is 53.6 cm³/mol. The molecule has 0 amide bonds. The van der Waals surface area contributed by atoms with Crippen LogP contribution in [0.2, 0.25) is 0 Å². The van der Waals surface area contributed by atoms with Gasteiger partial charge in [0.1, 0.15) is 0 Å². The Balaban J connectivity index is 3.06. The highest BCUT2D eigenvalue weighted by atomic mass is 16.1. The van der Waals surface area contributed by atoms with Crippen molar-refractivity contribution >= 4 is 17.6 Å². The van der Waals surface area contributed by atoms with Crippen LogP contribution in [0, 0.1) is 0 Å². The summed E-state index contributed by atoms with van der Waals surface area (Å²) in [5.41, 5.74) is 0.964. The average Bonchev–Trinajstić information content (AvgIpc) is 2.15. The van der Waals surface area contributed by atoms with Gasteiger partial charge in [0.05, 0.1) is 5.57 Å². The molecule has 0 fully saturated rings. The van der Waals surface area contributed by atoms with E-state index in [4.69, 9.17) is 0 Å². The zero-order valence-electron chi connectivity index (χ0n) is 8.15. The molecule has 1 rings (SSSR count). The lowest BCUT2D eigenvalue weighted by atomic mass is 10.1. The average molecular weight is 189 g/mol. The number of hydrogen-bond donors (Lipinski definition) is 0. The smallest absolute Gasteiger partial charge is 0.163 e. The van der Waals surface area contributed by atoms with Crippen LogP contribution in [0.4, 0.5) is 0 Å². The lowest BCUT2D eigenvalue weighted by molar-refractivity contribution is -0.119. The summed E-state index contributed by atoms with van der Waals surface area (Å²) < 4.78 is 0. The van der Waals surface area contributed by atoms with Gasteiger partial charge < -0.3 is 0 Å².